The monoisotopic (exact) mass is 339 g/mol. The summed E-state index contributed by atoms with van der Waals surface area (Å²) < 4.78 is 16.1. The van der Waals surface area contributed by atoms with E-state index in [4.69, 9.17) is 19.5 Å². The molecular weight excluding hydrogens is 322 g/mol. The van der Waals surface area contributed by atoms with Crippen molar-refractivity contribution >= 4 is 5.91 Å². The number of aromatic nitrogens is 1. The molecule has 2 aromatic rings. The molecular formula is C18H17N3O4. The molecule has 2 heterocycles. The quantitative estimate of drug-likeness (QED) is 0.827. The van der Waals surface area contributed by atoms with E-state index in [1.807, 2.05) is 6.07 Å². The lowest BCUT2D eigenvalue weighted by Gasteiger charge is -2.38. The molecule has 0 bridgehead atoms. The zero-order valence-electron chi connectivity index (χ0n) is 13.9. The zero-order valence-corrected chi connectivity index (χ0v) is 13.9. The van der Waals surface area contributed by atoms with Gasteiger partial charge in [-0.15, -0.1) is 0 Å². The minimum atomic E-state index is -0.134. The van der Waals surface area contributed by atoms with Crippen molar-refractivity contribution in [2.45, 2.75) is 6.10 Å². The number of rotatable bonds is 5. The largest absolute Gasteiger partial charge is 0.493 e. The Hall–Kier alpha value is -3.27. The van der Waals surface area contributed by atoms with E-state index in [0.717, 1.165) is 0 Å². The molecule has 1 amide bonds. The predicted octanol–water partition coefficient (Wildman–Crippen LogP) is 1.87. The number of ether oxygens (including phenoxy) is 3. The van der Waals surface area contributed by atoms with Crippen LogP contribution in [-0.4, -0.2) is 49.2 Å². The Kier molecular flexibility index (Phi) is 4.70. The van der Waals surface area contributed by atoms with E-state index in [2.05, 4.69) is 4.98 Å². The van der Waals surface area contributed by atoms with Crippen molar-refractivity contribution < 1.29 is 19.0 Å². The molecule has 0 unspecified atom stereocenters. The second-order valence-corrected chi connectivity index (χ2v) is 5.51. The Bertz CT molecular complexity index is 825. The predicted molar refractivity (Wildman–Crippen MR) is 88.8 cm³/mol. The number of amides is 1. The molecule has 7 heteroatoms. The highest BCUT2D eigenvalue weighted by Crippen LogP contribution is 2.29. The van der Waals surface area contributed by atoms with Crippen LogP contribution in [0.25, 0.3) is 0 Å². The molecule has 1 aliphatic heterocycles. The van der Waals surface area contributed by atoms with Gasteiger partial charge in [0.1, 0.15) is 6.10 Å². The molecule has 1 fully saturated rings. The van der Waals surface area contributed by atoms with Gasteiger partial charge in [-0.05, 0) is 24.3 Å². The van der Waals surface area contributed by atoms with Crippen LogP contribution in [0.1, 0.15) is 15.9 Å². The summed E-state index contributed by atoms with van der Waals surface area (Å²) in [5, 5.41) is 8.88. The van der Waals surface area contributed by atoms with Gasteiger partial charge in [0, 0.05) is 17.8 Å². The van der Waals surface area contributed by atoms with Crippen molar-refractivity contribution in [1.29, 1.82) is 5.26 Å². The highest BCUT2D eigenvalue weighted by atomic mass is 16.5. The lowest BCUT2D eigenvalue weighted by atomic mass is 10.1. The molecule has 0 spiro atoms. The van der Waals surface area contributed by atoms with Gasteiger partial charge in [-0.1, -0.05) is 0 Å². The number of hydrogen-bond donors (Lipinski definition) is 0. The normalized spacial score (nSPS) is 13.6. The molecule has 1 saturated heterocycles. The Morgan fingerprint density at radius 2 is 1.96 bits per heavy atom. The zero-order chi connectivity index (χ0) is 17.8. The highest BCUT2D eigenvalue weighted by Gasteiger charge is 2.33. The maximum atomic E-state index is 12.5. The van der Waals surface area contributed by atoms with Gasteiger partial charge in [-0.25, -0.2) is 4.98 Å². The van der Waals surface area contributed by atoms with Gasteiger partial charge in [0.15, 0.2) is 11.5 Å². The lowest BCUT2D eigenvalue weighted by molar-refractivity contribution is 0.0160. The average molecular weight is 339 g/mol. The number of nitriles is 1. The van der Waals surface area contributed by atoms with Gasteiger partial charge in [0.05, 0.1) is 38.9 Å². The smallest absolute Gasteiger partial charge is 0.254 e. The van der Waals surface area contributed by atoms with E-state index < -0.39 is 0 Å². The van der Waals surface area contributed by atoms with Gasteiger partial charge in [0.2, 0.25) is 5.88 Å². The number of carbonyl (C=O) groups is 1. The molecule has 128 valence electrons. The lowest BCUT2D eigenvalue weighted by Crippen LogP contribution is -2.56. The summed E-state index contributed by atoms with van der Waals surface area (Å²) in [4.78, 5) is 18.3. The van der Waals surface area contributed by atoms with E-state index >= 15 is 0 Å². The molecule has 0 radical (unpaired) electrons. The first-order valence-corrected chi connectivity index (χ1v) is 7.68. The van der Waals surface area contributed by atoms with Crippen LogP contribution in [-0.2, 0) is 0 Å². The molecule has 25 heavy (non-hydrogen) atoms. The summed E-state index contributed by atoms with van der Waals surface area (Å²) in [6.45, 7) is 0.928. The van der Waals surface area contributed by atoms with Crippen molar-refractivity contribution in [3.8, 4) is 23.4 Å². The summed E-state index contributed by atoms with van der Waals surface area (Å²) in [5.41, 5.74) is 1.02. The topological polar surface area (TPSA) is 84.7 Å². The second-order valence-electron chi connectivity index (χ2n) is 5.51. The minimum absolute atomic E-state index is 0.0977. The second kappa shape index (κ2) is 7.09. The van der Waals surface area contributed by atoms with Gasteiger partial charge < -0.3 is 19.1 Å². The number of hydrogen-bond acceptors (Lipinski definition) is 6. The van der Waals surface area contributed by atoms with Crippen molar-refractivity contribution in [3.63, 3.8) is 0 Å². The van der Waals surface area contributed by atoms with Crippen LogP contribution in [0.15, 0.2) is 36.5 Å². The van der Waals surface area contributed by atoms with Crippen LogP contribution < -0.4 is 14.2 Å². The molecule has 0 N–H and O–H groups in total. The van der Waals surface area contributed by atoms with Crippen LogP contribution in [0, 0.1) is 11.3 Å². The van der Waals surface area contributed by atoms with Gasteiger partial charge in [0.25, 0.3) is 5.91 Å². The van der Waals surface area contributed by atoms with Crippen LogP contribution in [0.4, 0.5) is 0 Å². The first-order chi connectivity index (χ1) is 12.1. The summed E-state index contributed by atoms with van der Waals surface area (Å²) in [7, 11) is 3.08. The van der Waals surface area contributed by atoms with Crippen molar-refractivity contribution in [3.05, 3.63) is 47.7 Å². The van der Waals surface area contributed by atoms with Gasteiger partial charge >= 0.3 is 0 Å². The van der Waals surface area contributed by atoms with Crippen molar-refractivity contribution in [2.24, 2.45) is 0 Å². The fraction of sp³-hybridized carbons (Fsp3) is 0.278. The molecule has 1 aromatic carbocycles. The SMILES string of the molecule is COc1ccc(C(=O)N2CC(Oc3cc(C#N)ccn3)C2)cc1OC. The Morgan fingerprint density at radius 1 is 1.20 bits per heavy atom. The number of likely N-dealkylation sites (tertiary alicyclic amines) is 1. The van der Waals surface area contributed by atoms with Crippen molar-refractivity contribution in [2.75, 3.05) is 27.3 Å². The van der Waals surface area contributed by atoms with E-state index in [1.54, 1.807) is 42.3 Å². The van der Waals surface area contributed by atoms with Crippen LogP contribution in [0.5, 0.6) is 17.4 Å². The number of methoxy groups -OCH3 is 2. The average Bonchev–Trinajstić information content (AvgIpc) is 2.63. The molecule has 7 nitrogen and oxygen atoms in total. The minimum Gasteiger partial charge on any atom is -0.493 e. The summed E-state index contributed by atoms with van der Waals surface area (Å²) in [6.07, 6.45) is 1.39. The Balaban J connectivity index is 1.60. The third-order valence-corrected chi connectivity index (χ3v) is 3.92. The molecule has 0 atom stereocenters. The molecule has 0 saturated carbocycles. The fourth-order valence-electron chi connectivity index (χ4n) is 2.54. The standard InChI is InChI=1S/C18H17N3O4/c1-23-15-4-3-13(8-16(15)24-2)18(22)21-10-14(11-21)25-17-7-12(9-19)5-6-20-17/h3-8,14H,10-11H2,1-2H3. The molecule has 1 aliphatic rings. The number of pyridine rings is 1. The summed E-state index contributed by atoms with van der Waals surface area (Å²) in [5.74, 6) is 1.38. The first-order valence-electron chi connectivity index (χ1n) is 7.68. The Labute approximate surface area is 145 Å². The Morgan fingerprint density at radius 3 is 2.64 bits per heavy atom. The highest BCUT2D eigenvalue weighted by molar-refractivity contribution is 5.95. The molecule has 3 rings (SSSR count). The molecule has 0 aliphatic carbocycles. The van der Waals surface area contributed by atoms with E-state index in [0.29, 0.717) is 41.6 Å². The fourth-order valence-corrected chi connectivity index (χ4v) is 2.54. The number of nitrogens with zero attached hydrogens (tertiary/aromatic N) is 3. The molecule has 1 aromatic heterocycles. The van der Waals surface area contributed by atoms with Crippen LogP contribution in [0.2, 0.25) is 0 Å². The number of carbonyl (C=O) groups excluding carboxylic acids is 1. The third kappa shape index (κ3) is 3.48. The third-order valence-electron chi connectivity index (χ3n) is 3.92. The van der Waals surface area contributed by atoms with Crippen LogP contribution in [0.3, 0.4) is 0 Å². The van der Waals surface area contributed by atoms with E-state index in [1.165, 1.54) is 13.3 Å². The maximum absolute atomic E-state index is 12.5. The first kappa shape index (κ1) is 16.6. The van der Waals surface area contributed by atoms with Gasteiger partial charge in [-0.3, -0.25) is 4.79 Å². The van der Waals surface area contributed by atoms with E-state index in [9.17, 15) is 4.79 Å². The summed E-state index contributed by atoms with van der Waals surface area (Å²) in [6, 6.07) is 10.3. The van der Waals surface area contributed by atoms with E-state index in [-0.39, 0.29) is 12.0 Å². The maximum Gasteiger partial charge on any atom is 0.254 e. The summed E-state index contributed by atoms with van der Waals surface area (Å²) >= 11 is 0. The van der Waals surface area contributed by atoms with Crippen LogP contribution >= 0.6 is 0 Å². The van der Waals surface area contributed by atoms with Gasteiger partial charge in [-0.2, -0.15) is 5.26 Å². The van der Waals surface area contributed by atoms with Crippen molar-refractivity contribution in [1.82, 2.24) is 9.88 Å². The number of benzene rings is 1.